The van der Waals surface area contributed by atoms with Crippen LogP contribution in [0, 0.1) is 0 Å². The molecule has 2 heterocycles. The number of carbonyl (C=O) groups excluding carboxylic acids is 1. The fourth-order valence-electron chi connectivity index (χ4n) is 2.11. The lowest BCUT2D eigenvalue weighted by molar-refractivity contribution is -0.117. The van der Waals surface area contributed by atoms with Crippen molar-refractivity contribution in [2.45, 2.75) is 19.3 Å². The van der Waals surface area contributed by atoms with E-state index in [9.17, 15) is 4.79 Å². The van der Waals surface area contributed by atoms with Crippen molar-refractivity contribution in [3.63, 3.8) is 0 Å². The minimum Gasteiger partial charge on any atom is -0.377 e. The molecule has 0 aromatic carbocycles. The number of ketones is 1. The van der Waals surface area contributed by atoms with Gasteiger partial charge in [-0.1, -0.05) is 0 Å². The molecule has 0 N–H and O–H groups in total. The van der Waals surface area contributed by atoms with Gasteiger partial charge in [-0.2, -0.15) is 0 Å². The Morgan fingerprint density at radius 3 is 2.64 bits per heavy atom. The van der Waals surface area contributed by atoms with Gasteiger partial charge in [-0.25, -0.2) is 0 Å². The van der Waals surface area contributed by atoms with Gasteiger partial charge in [0.05, 0.1) is 0 Å². The topological polar surface area (TPSA) is 23.6 Å². The summed E-state index contributed by atoms with van der Waals surface area (Å²) in [5, 5.41) is 0. The van der Waals surface area contributed by atoms with Crippen molar-refractivity contribution in [1.82, 2.24) is 9.80 Å². The summed E-state index contributed by atoms with van der Waals surface area (Å²) >= 11 is 0. The summed E-state index contributed by atoms with van der Waals surface area (Å²) < 4.78 is 0. The van der Waals surface area contributed by atoms with Crippen molar-refractivity contribution >= 4 is 5.78 Å². The number of hydrogen-bond donors (Lipinski definition) is 0. The Bertz CT molecular complexity index is 254. The molecule has 14 heavy (non-hydrogen) atoms. The van der Waals surface area contributed by atoms with Crippen LogP contribution in [0.15, 0.2) is 11.8 Å². The van der Waals surface area contributed by atoms with E-state index in [2.05, 4.69) is 23.0 Å². The average Bonchev–Trinajstić information content (AvgIpc) is 2.64. The van der Waals surface area contributed by atoms with E-state index < -0.39 is 0 Å². The highest BCUT2D eigenvalue weighted by Crippen LogP contribution is 2.14. The summed E-state index contributed by atoms with van der Waals surface area (Å²) in [5.41, 5.74) is 1.00. The second-order valence-electron chi connectivity index (χ2n) is 4.31. The Morgan fingerprint density at radius 2 is 1.93 bits per heavy atom. The summed E-state index contributed by atoms with van der Waals surface area (Å²) in [5.74, 6) is 0.343. The largest absolute Gasteiger partial charge is 0.377 e. The Kier molecular flexibility index (Phi) is 2.87. The summed E-state index contributed by atoms with van der Waals surface area (Å²) in [6.07, 6.45) is 5.32. The van der Waals surface area contributed by atoms with Crippen molar-refractivity contribution in [3.8, 4) is 0 Å². The molecule has 0 bridgehead atoms. The fourth-order valence-corrected chi connectivity index (χ4v) is 2.11. The lowest BCUT2D eigenvalue weighted by Crippen LogP contribution is -2.33. The van der Waals surface area contributed by atoms with Crippen LogP contribution in [-0.4, -0.2) is 48.8 Å². The predicted octanol–water partition coefficient (Wildman–Crippen LogP) is 0.871. The highest BCUT2D eigenvalue weighted by molar-refractivity contribution is 5.96. The summed E-state index contributed by atoms with van der Waals surface area (Å²) in [6.45, 7) is 3.99. The normalized spacial score (nSPS) is 27.6. The average molecular weight is 194 g/mol. The van der Waals surface area contributed by atoms with Gasteiger partial charge in [0.1, 0.15) is 0 Å². The molecule has 2 fully saturated rings. The monoisotopic (exact) mass is 194 g/mol. The number of nitrogens with zero attached hydrogens (tertiary/aromatic N) is 2. The third-order valence-electron chi connectivity index (χ3n) is 3.00. The van der Waals surface area contributed by atoms with E-state index in [0.29, 0.717) is 12.2 Å². The number of piperidine rings is 1. The molecular formula is C11H18N2O. The fraction of sp³-hybridized carbons (Fsp3) is 0.727. The molecule has 0 aromatic rings. The molecule has 2 aliphatic rings. The second-order valence-corrected chi connectivity index (χ2v) is 4.31. The van der Waals surface area contributed by atoms with E-state index in [0.717, 1.165) is 31.8 Å². The van der Waals surface area contributed by atoms with Crippen molar-refractivity contribution in [2.75, 3.05) is 33.2 Å². The van der Waals surface area contributed by atoms with Crippen LogP contribution in [0.1, 0.15) is 19.3 Å². The van der Waals surface area contributed by atoms with E-state index in [1.807, 2.05) is 0 Å². The predicted molar refractivity (Wildman–Crippen MR) is 56.0 cm³/mol. The van der Waals surface area contributed by atoms with Gasteiger partial charge in [-0.3, -0.25) is 4.79 Å². The summed E-state index contributed by atoms with van der Waals surface area (Å²) in [4.78, 5) is 16.1. The minimum atomic E-state index is 0.343. The minimum absolute atomic E-state index is 0.343. The van der Waals surface area contributed by atoms with Gasteiger partial charge < -0.3 is 9.80 Å². The molecule has 2 aliphatic heterocycles. The van der Waals surface area contributed by atoms with E-state index >= 15 is 0 Å². The first-order chi connectivity index (χ1) is 6.75. The van der Waals surface area contributed by atoms with Gasteiger partial charge in [-0.05, 0) is 19.9 Å². The lowest BCUT2D eigenvalue weighted by atomic mass is 10.0. The molecule has 0 aliphatic carbocycles. The molecule has 0 amide bonds. The van der Waals surface area contributed by atoms with Gasteiger partial charge in [-0.15, -0.1) is 0 Å². The first kappa shape index (κ1) is 9.71. The van der Waals surface area contributed by atoms with Crippen LogP contribution in [-0.2, 0) is 4.79 Å². The molecule has 2 rings (SSSR count). The Morgan fingerprint density at radius 1 is 1.21 bits per heavy atom. The van der Waals surface area contributed by atoms with Crippen molar-refractivity contribution in [3.05, 3.63) is 11.8 Å². The smallest absolute Gasteiger partial charge is 0.162 e. The van der Waals surface area contributed by atoms with E-state index in [1.54, 1.807) is 0 Å². The molecule has 2 saturated heterocycles. The molecule has 0 aromatic heterocycles. The molecular weight excluding hydrogens is 176 g/mol. The number of likely N-dealkylation sites (N-methyl/N-ethyl adjacent to an activating group) is 1. The van der Waals surface area contributed by atoms with Crippen LogP contribution in [0.25, 0.3) is 0 Å². The zero-order chi connectivity index (χ0) is 9.97. The van der Waals surface area contributed by atoms with Crippen LogP contribution in [0.2, 0.25) is 0 Å². The second kappa shape index (κ2) is 4.13. The van der Waals surface area contributed by atoms with Crippen molar-refractivity contribution in [2.24, 2.45) is 0 Å². The first-order valence-corrected chi connectivity index (χ1v) is 5.42. The van der Waals surface area contributed by atoms with E-state index in [4.69, 9.17) is 0 Å². The first-order valence-electron chi connectivity index (χ1n) is 5.42. The maximum Gasteiger partial charge on any atom is 0.162 e. The molecule has 0 spiro atoms. The maximum absolute atomic E-state index is 11.6. The zero-order valence-electron chi connectivity index (χ0n) is 8.83. The van der Waals surface area contributed by atoms with Gasteiger partial charge in [0.15, 0.2) is 5.78 Å². The Balaban J connectivity index is 2.02. The number of carbonyl (C=O) groups is 1. The lowest BCUT2D eigenvalue weighted by Gasteiger charge is -2.25. The molecule has 0 unspecified atom stereocenters. The third-order valence-corrected chi connectivity index (χ3v) is 3.00. The van der Waals surface area contributed by atoms with Gasteiger partial charge in [0.25, 0.3) is 0 Å². The number of likely N-dealkylation sites (tertiary alicyclic amines) is 2. The number of rotatable bonds is 1. The molecule has 3 nitrogen and oxygen atoms in total. The molecule has 0 atom stereocenters. The molecule has 0 saturated carbocycles. The van der Waals surface area contributed by atoms with Gasteiger partial charge in [0.2, 0.25) is 0 Å². The highest BCUT2D eigenvalue weighted by Gasteiger charge is 2.20. The summed E-state index contributed by atoms with van der Waals surface area (Å²) in [6, 6.07) is 0. The number of hydrogen-bond acceptors (Lipinski definition) is 3. The summed E-state index contributed by atoms with van der Waals surface area (Å²) in [7, 11) is 2.07. The molecule has 78 valence electrons. The van der Waals surface area contributed by atoms with Crippen LogP contribution < -0.4 is 0 Å². The standard InChI is InChI=1S/C11H18N2O/c1-12-7-4-11(14)10(8-12)9-13-5-2-3-6-13/h9H,2-8H2,1H3/b10-9+. The van der Waals surface area contributed by atoms with Crippen LogP contribution >= 0.6 is 0 Å². The van der Waals surface area contributed by atoms with Crippen molar-refractivity contribution in [1.29, 1.82) is 0 Å². The van der Waals surface area contributed by atoms with Gasteiger partial charge >= 0.3 is 0 Å². The maximum atomic E-state index is 11.6. The molecule has 3 heteroatoms. The van der Waals surface area contributed by atoms with Gasteiger partial charge in [0, 0.05) is 44.4 Å². The number of Topliss-reactive ketones (excluding diaryl/α,β-unsaturated/α-hetero) is 1. The van der Waals surface area contributed by atoms with Crippen LogP contribution in [0.4, 0.5) is 0 Å². The van der Waals surface area contributed by atoms with E-state index in [-0.39, 0.29) is 0 Å². The third kappa shape index (κ3) is 2.15. The Labute approximate surface area is 85.4 Å². The zero-order valence-corrected chi connectivity index (χ0v) is 8.83. The quantitative estimate of drug-likeness (QED) is 0.579. The van der Waals surface area contributed by atoms with E-state index in [1.165, 1.54) is 12.8 Å². The van der Waals surface area contributed by atoms with Crippen molar-refractivity contribution < 1.29 is 4.79 Å². The molecule has 0 radical (unpaired) electrons. The van der Waals surface area contributed by atoms with Crippen LogP contribution in [0.5, 0.6) is 0 Å². The SMILES string of the molecule is CN1CCC(=O)/C(=C/N2CCCC2)C1. The Hall–Kier alpha value is -0.830. The van der Waals surface area contributed by atoms with Crippen LogP contribution in [0.3, 0.4) is 0 Å². The highest BCUT2D eigenvalue weighted by atomic mass is 16.1.